The minimum absolute atomic E-state index is 0.0985. The minimum atomic E-state index is -0.153. The molecule has 8 heteroatoms. The number of primary amides is 1. The number of carbonyl (C=O) groups is 2. The second-order valence-electron chi connectivity index (χ2n) is 13.3. The summed E-state index contributed by atoms with van der Waals surface area (Å²) < 4.78 is 10.7. The zero-order valence-corrected chi connectivity index (χ0v) is 28.3. The van der Waals surface area contributed by atoms with E-state index in [0.717, 1.165) is 110 Å². The number of carbonyl (C=O) groups excluding carboxylic acids is 2. The van der Waals surface area contributed by atoms with Crippen LogP contribution in [0.2, 0.25) is 0 Å². The van der Waals surface area contributed by atoms with Crippen LogP contribution in [-0.2, 0) is 19.1 Å². The van der Waals surface area contributed by atoms with Crippen molar-refractivity contribution in [2.24, 2.45) is 17.6 Å². The molecule has 8 nitrogen and oxygen atoms in total. The highest BCUT2D eigenvalue weighted by molar-refractivity contribution is 5.76. The summed E-state index contributed by atoms with van der Waals surface area (Å²) in [6.07, 6.45) is 20.4. The maximum atomic E-state index is 12.2. The fourth-order valence-electron chi connectivity index (χ4n) is 7.42. The van der Waals surface area contributed by atoms with Crippen molar-refractivity contribution in [3.8, 4) is 0 Å². The van der Waals surface area contributed by atoms with E-state index in [1.54, 1.807) is 7.11 Å². The van der Waals surface area contributed by atoms with Gasteiger partial charge in [-0.15, -0.1) is 0 Å². The van der Waals surface area contributed by atoms with E-state index >= 15 is 0 Å². The van der Waals surface area contributed by atoms with Crippen molar-refractivity contribution in [1.29, 1.82) is 0 Å². The molecule has 2 aliphatic carbocycles. The number of hydrogen-bond acceptors (Lipinski definition) is 6. The molecule has 0 bridgehead atoms. The third-order valence-electron chi connectivity index (χ3n) is 9.84. The van der Waals surface area contributed by atoms with Gasteiger partial charge in [0, 0.05) is 58.0 Å². The van der Waals surface area contributed by atoms with Crippen LogP contribution in [0.25, 0.3) is 0 Å². The lowest BCUT2D eigenvalue weighted by Crippen LogP contribution is -2.56. The molecule has 2 N–H and O–H groups in total. The topological polar surface area (TPSA) is 88.3 Å². The number of ether oxygens (including phenoxy) is 2. The van der Waals surface area contributed by atoms with E-state index in [2.05, 4.69) is 55.3 Å². The summed E-state index contributed by atoms with van der Waals surface area (Å²) in [4.78, 5) is 29.9. The average molecular weight is 615 g/mol. The largest absolute Gasteiger partial charge is 0.381 e. The third-order valence-corrected chi connectivity index (χ3v) is 9.84. The van der Waals surface area contributed by atoms with E-state index < -0.39 is 0 Å². The van der Waals surface area contributed by atoms with Gasteiger partial charge in [0.15, 0.2) is 0 Å². The first-order valence-corrected chi connectivity index (χ1v) is 16.8. The molecular formula is C36H62N4O4. The molecule has 250 valence electrons. The smallest absolute Gasteiger partial charge is 0.220 e. The number of rotatable bonds is 17. The van der Waals surface area contributed by atoms with Crippen molar-refractivity contribution in [3.05, 3.63) is 49.7 Å². The van der Waals surface area contributed by atoms with Gasteiger partial charge in [-0.3, -0.25) is 9.59 Å². The fourth-order valence-corrected chi connectivity index (χ4v) is 7.42. The summed E-state index contributed by atoms with van der Waals surface area (Å²) in [7, 11) is 3.94. The first-order valence-electron chi connectivity index (χ1n) is 16.8. The van der Waals surface area contributed by atoms with Crippen LogP contribution in [0.15, 0.2) is 49.7 Å². The standard InChI is InChI=1S/C28H47N3O2.C8H15NO2/c1-7-11-25(8-2)12-10-17-30(9-3)27-13-16-28(20-27,31(23-32)24(4)5)22-29(6)21-26-14-18-33-19-15-26;1-11-7-4-2-6(3-5-7)8(9)10/h7-9,11,23-24,26-27H,1-3,10,12-22H2,4-6H3;6-7H,2-5H2,1H3,(H2,9,10)/b25-11+;. The van der Waals surface area contributed by atoms with E-state index in [9.17, 15) is 9.59 Å². The Morgan fingerprint density at radius 2 is 1.77 bits per heavy atom. The Hall–Kier alpha value is -2.42. The van der Waals surface area contributed by atoms with E-state index in [-0.39, 0.29) is 23.4 Å². The molecule has 0 spiro atoms. The number of likely N-dealkylation sites (N-methyl/N-ethyl adjacent to an activating group) is 1. The zero-order chi connectivity index (χ0) is 32.5. The molecule has 1 aliphatic heterocycles. The maximum absolute atomic E-state index is 12.2. The van der Waals surface area contributed by atoms with Crippen LogP contribution >= 0.6 is 0 Å². The average Bonchev–Trinajstić information content (AvgIpc) is 3.43. The molecule has 2 amide bonds. The second kappa shape index (κ2) is 19.9. The summed E-state index contributed by atoms with van der Waals surface area (Å²) in [5.74, 6) is 0.634. The predicted octanol–water partition coefficient (Wildman–Crippen LogP) is 5.70. The molecule has 0 radical (unpaired) electrons. The van der Waals surface area contributed by atoms with Gasteiger partial charge in [-0.25, -0.2) is 0 Å². The molecule has 1 heterocycles. The zero-order valence-electron chi connectivity index (χ0n) is 28.3. The van der Waals surface area contributed by atoms with Gasteiger partial charge in [0.2, 0.25) is 12.3 Å². The van der Waals surface area contributed by atoms with Crippen LogP contribution in [0, 0.1) is 11.8 Å². The van der Waals surface area contributed by atoms with E-state index in [1.165, 1.54) is 5.57 Å². The Balaban J connectivity index is 0.000000514. The van der Waals surface area contributed by atoms with Gasteiger partial charge in [0.25, 0.3) is 0 Å². The first kappa shape index (κ1) is 37.8. The molecule has 44 heavy (non-hydrogen) atoms. The fraction of sp³-hybridized carbons (Fsp3) is 0.722. The summed E-state index contributed by atoms with van der Waals surface area (Å²) in [6.45, 7) is 20.8. The Morgan fingerprint density at radius 3 is 2.30 bits per heavy atom. The highest BCUT2D eigenvalue weighted by atomic mass is 16.5. The SMILES string of the molecule is C=C/C=C(\C=C)CCCN(C=C)C1CCC(CN(C)CC2CCOCC2)(N(C=O)C(C)C)C1.COC1CCC(C(N)=O)CC1. The Morgan fingerprint density at radius 1 is 1.09 bits per heavy atom. The van der Waals surface area contributed by atoms with E-state index in [4.69, 9.17) is 15.2 Å². The third kappa shape index (κ3) is 11.8. The summed E-state index contributed by atoms with van der Waals surface area (Å²) in [6, 6.07) is 0.602. The van der Waals surface area contributed by atoms with Gasteiger partial charge in [-0.05, 0) is 109 Å². The molecule has 1 saturated heterocycles. The van der Waals surface area contributed by atoms with Gasteiger partial charge in [0.1, 0.15) is 0 Å². The molecule has 3 aliphatic rings. The van der Waals surface area contributed by atoms with Crippen molar-refractivity contribution in [3.63, 3.8) is 0 Å². The maximum Gasteiger partial charge on any atom is 0.220 e. The minimum Gasteiger partial charge on any atom is -0.381 e. The lowest BCUT2D eigenvalue weighted by molar-refractivity contribution is -0.127. The Bertz CT molecular complexity index is 923. The van der Waals surface area contributed by atoms with Crippen LogP contribution in [0.5, 0.6) is 0 Å². The van der Waals surface area contributed by atoms with Crippen LogP contribution in [-0.4, -0.2) is 97.7 Å². The lowest BCUT2D eigenvalue weighted by Gasteiger charge is -2.45. The molecule has 3 rings (SSSR count). The first-order chi connectivity index (χ1) is 21.1. The van der Waals surface area contributed by atoms with Gasteiger partial charge in [-0.1, -0.05) is 38.0 Å². The number of methoxy groups -OCH3 is 1. The van der Waals surface area contributed by atoms with E-state index in [0.29, 0.717) is 18.1 Å². The monoisotopic (exact) mass is 614 g/mol. The van der Waals surface area contributed by atoms with Crippen molar-refractivity contribution in [2.45, 2.75) is 108 Å². The van der Waals surface area contributed by atoms with Crippen molar-refractivity contribution in [2.75, 3.05) is 47.0 Å². The van der Waals surface area contributed by atoms with Crippen molar-refractivity contribution in [1.82, 2.24) is 14.7 Å². The molecule has 2 saturated carbocycles. The molecule has 0 aromatic carbocycles. The number of nitrogens with two attached hydrogens (primary N) is 1. The molecule has 2 unspecified atom stereocenters. The van der Waals surface area contributed by atoms with Crippen LogP contribution in [0.1, 0.15) is 84.5 Å². The normalized spacial score (nSPS) is 26.0. The highest BCUT2D eigenvalue weighted by Crippen LogP contribution is 2.39. The molecular weight excluding hydrogens is 552 g/mol. The highest BCUT2D eigenvalue weighted by Gasteiger charge is 2.46. The number of amides is 2. The predicted molar refractivity (Wildman–Crippen MR) is 181 cm³/mol. The summed E-state index contributed by atoms with van der Waals surface area (Å²) in [5.41, 5.74) is 6.27. The molecule has 3 fully saturated rings. The Labute approximate surface area is 268 Å². The quantitative estimate of drug-likeness (QED) is 0.167. The lowest BCUT2D eigenvalue weighted by atomic mass is 9.87. The number of nitrogens with zero attached hydrogens (tertiary/aromatic N) is 3. The summed E-state index contributed by atoms with van der Waals surface area (Å²) >= 11 is 0. The van der Waals surface area contributed by atoms with Gasteiger partial charge in [0.05, 0.1) is 11.6 Å². The number of hydrogen-bond donors (Lipinski definition) is 1. The molecule has 0 aromatic rings. The van der Waals surface area contributed by atoms with Crippen LogP contribution in [0.4, 0.5) is 0 Å². The van der Waals surface area contributed by atoms with Gasteiger partial charge < -0.3 is 29.9 Å². The second-order valence-corrected chi connectivity index (χ2v) is 13.3. The molecule has 2 atom stereocenters. The van der Waals surface area contributed by atoms with Crippen LogP contribution in [0.3, 0.4) is 0 Å². The van der Waals surface area contributed by atoms with Gasteiger partial charge in [-0.2, -0.15) is 0 Å². The van der Waals surface area contributed by atoms with Crippen LogP contribution < -0.4 is 5.73 Å². The van der Waals surface area contributed by atoms with E-state index in [1.807, 2.05) is 24.4 Å². The van der Waals surface area contributed by atoms with Crippen molar-refractivity contribution >= 4 is 12.3 Å². The molecule has 0 aromatic heterocycles. The van der Waals surface area contributed by atoms with Crippen molar-refractivity contribution < 1.29 is 19.1 Å². The Kier molecular flexibility index (Phi) is 17.0. The van der Waals surface area contributed by atoms with Gasteiger partial charge >= 0.3 is 0 Å². The number of allylic oxidation sites excluding steroid dienone is 4. The summed E-state index contributed by atoms with van der Waals surface area (Å²) in [5, 5.41) is 0.